The van der Waals surface area contributed by atoms with Gasteiger partial charge in [0.1, 0.15) is 12.1 Å². The average molecular weight is 237 g/mol. The Morgan fingerprint density at radius 1 is 1.24 bits per heavy atom. The highest BCUT2D eigenvalue weighted by Gasteiger charge is 2.18. The quantitative estimate of drug-likeness (QED) is 0.766. The van der Waals surface area contributed by atoms with E-state index in [0.29, 0.717) is 12.4 Å². The Morgan fingerprint density at radius 3 is 2.41 bits per heavy atom. The number of nitrogens with zero attached hydrogens (tertiary/aromatic N) is 5. The van der Waals surface area contributed by atoms with Crippen LogP contribution >= 0.6 is 0 Å². The monoisotopic (exact) mass is 237 g/mol. The molecule has 0 aliphatic rings. The summed E-state index contributed by atoms with van der Waals surface area (Å²) in [4.78, 5) is 25.2. The summed E-state index contributed by atoms with van der Waals surface area (Å²) in [7, 11) is 7.40. The molecule has 1 aromatic heterocycles. The smallest absolute Gasteiger partial charge is 0.325 e. The van der Waals surface area contributed by atoms with E-state index in [1.54, 1.807) is 31.3 Å². The first kappa shape index (κ1) is 13.4. The highest BCUT2D eigenvalue weighted by atomic mass is 16.2. The van der Waals surface area contributed by atoms with E-state index in [0.717, 1.165) is 6.54 Å². The van der Waals surface area contributed by atoms with E-state index >= 15 is 0 Å². The maximum absolute atomic E-state index is 12.0. The summed E-state index contributed by atoms with van der Waals surface area (Å²) in [6.45, 7) is 1.38. The molecule has 0 aliphatic heterocycles. The molecule has 2 amide bonds. The molecule has 0 unspecified atom stereocenters. The van der Waals surface area contributed by atoms with Crippen LogP contribution in [0.2, 0.25) is 0 Å². The molecule has 1 rings (SSSR count). The number of hydrogen-bond acceptors (Lipinski definition) is 4. The summed E-state index contributed by atoms with van der Waals surface area (Å²) >= 11 is 0. The zero-order valence-electron chi connectivity index (χ0n) is 10.8. The van der Waals surface area contributed by atoms with Crippen molar-refractivity contribution in [3.63, 3.8) is 0 Å². The lowest BCUT2D eigenvalue weighted by Gasteiger charge is -2.26. The molecule has 0 fully saturated rings. The van der Waals surface area contributed by atoms with Gasteiger partial charge in [-0.25, -0.2) is 14.8 Å². The van der Waals surface area contributed by atoms with Gasteiger partial charge < -0.3 is 9.80 Å². The largest absolute Gasteiger partial charge is 0.330 e. The number of aromatic nitrogens is 2. The Bertz CT molecular complexity index is 352. The lowest BCUT2D eigenvalue weighted by Crippen LogP contribution is -2.43. The SMILES string of the molecule is CN(C)CCN(C(=O)N(C)C)c1ccncn1. The standard InChI is InChI=1S/C11H19N5O/c1-14(2)7-8-16(11(17)15(3)4)10-5-6-12-9-13-10/h5-6,9H,7-8H2,1-4H3. The van der Waals surface area contributed by atoms with Gasteiger partial charge in [0.05, 0.1) is 0 Å². The number of carbonyl (C=O) groups excluding carboxylic acids is 1. The summed E-state index contributed by atoms with van der Waals surface area (Å²) in [5.41, 5.74) is 0. The number of hydrogen-bond donors (Lipinski definition) is 0. The topological polar surface area (TPSA) is 52.6 Å². The summed E-state index contributed by atoms with van der Waals surface area (Å²) in [5.74, 6) is 0.626. The van der Waals surface area contributed by atoms with Crippen LogP contribution < -0.4 is 4.90 Å². The van der Waals surface area contributed by atoms with Crippen LogP contribution in [0, 0.1) is 0 Å². The third-order valence-electron chi connectivity index (χ3n) is 2.23. The Kier molecular flexibility index (Phi) is 4.84. The molecule has 6 nitrogen and oxygen atoms in total. The molecule has 17 heavy (non-hydrogen) atoms. The molecule has 0 spiro atoms. The van der Waals surface area contributed by atoms with Crippen molar-refractivity contribution in [1.82, 2.24) is 19.8 Å². The van der Waals surface area contributed by atoms with Gasteiger partial charge in [-0.1, -0.05) is 0 Å². The average Bonchev–Trinajstić information content (AvgIpc) is 2.30. The molecule has 0 atom stereocenters. The van der Waals surface area contributed by atoms with Gasteiger partial charge in [-0.15, -0.1) is 0 Å². The predicted octanol–water partition coefficient (Wildman–Crippen LogP) is 0.526. The third kappa shape index (κ3) is 3.99. The first-order chi connectivity index (χ1) is 8.02. The second-order valence-corrected chi connectivity index (χ2v) is 4.20. The van der Waals surface area contributed by atoms with Gasteiger partial charge in [-0.3, -0.25) is 4.90 Å². The van der Waals surface area contributed by atoms with E-state index in [9.17, 15) is 4.79 Å². The molecule has 0 aromatic carbocycles. The minimum absolute atomic E-state index is 0.0782. The summed E-state index contributed by atoms with van der Waals surface area (Å²) in [6, 6.07) is 1.66. The van der Waals surface area contributed by atoms with Gasteiger partial charge >= 0.3 is 6.03 Å². The van der Waals surface area contributed by atoms with Gasteiger partial charge in [0.15, 0.2) is 0 Å². The lowest BCUT2D eigenvalue weighted by molar-refractivity contribution is 0.222. The number of rotatable bonds is 4. The molecule has 0 aliphatic carbocycles. The molecule has 0 radical (unpaired) electrons. The molecular weight excluding hydrogens is 218 g/mol. The van der Waals surface area contributed by atoms with Crippen molar-refractivity contribution in [2.24, 2.45) is 0 Å². The van der Waals surface area contributed by atoms with Crippen LogP contribution in [0.3, 0.4) is 0 Å². The number of anilines is 1. The van der Waals surface area contributed by atoms with E-state index in [1.165, 1.54) is 11.2 Å². The second kappa shape index (κ2) is 6.15. The predicted molar refractivity (Wildman–Crippen MR) is 67.0 cm³/mol. The fraction of sp³-hybridized carbons (Fsp3) is 0.545. The first-order valence-electron chi connectivity index (χ1n) is 5.42. The number of urea groups is 1. The molecule has 0 saturated heterocycles. The number of carbonyl (C=O) groups is 1. The van der Waals surface area contributed by atoms with Crippen molar-refractivity contribution in [2.45, 2.75) is 0 Å². The van der Waals surface area contributed by atoms with Crippen molar-refractivity contribution in [1.29, 1.82) is 0 Å². The Hall–Kier alpha value is -1.69. The summed E-state index contributed by atoms with van der Waals surface area (Å²) < 4.78 is 0. The van der Waals surface area contributed by atoms with Gasteiger partial charge in [0, 0.05) is 33.4 Å². The van der Waals surface area contributed by atoms with Crippen molar-refractivity contribution in [3.05, 3.63) is 18.6 Å². The summed E-state index contributed by atoms with van der Waals surface area (Å²) in [5, 5.41) is 0. The minimum atomic E-state index is -0.0782. The zero-order chi connectivity index (χ0) is 12.8. The van der Waals surface area contributed by atoms with Crippen molar-refractivity contribution < 1.29 is 4.79 Å². The molecule has 0 N–H and O–H groups in total. The maximum Gasteiger partial charge on any atom is 0.325 e. The maximum atomic E-state index is 12.0. The summed E-state index contributed by atoms with van der Waals surface area (Å²) in [6.07, 6.45) is 3.08. The highest BCUT2D eigenvalue weighted by molar-refractivity contribution is 5.90. The fourth-order valence-corrected chi connectivity index (χ4v) is 1.29. The first-order valence-corrected chi connectivity index (χ1v) is 5.42. The molecule has 0 bridgehead atoms. The zero-order valence-corrected chi connectivity index (χ0v) is 10.8. The van der Waals surface area contributed by atoms with Crippen LogP contribution in [0.5, 0.6) is 0 Å². The molecule has 6 heteroatoms. The van der Waals surface area contributed by atoms with Crippen LogP contribution in [-0.4, -0.2) is 67.1 Å². The molecule has 1 aromatic rings. The Labute approximate surface area is 102 Å². The van der Waals surface area contributed by atoms with Gasteiger partial charge in [0.2, 0.25) is 0 Å². The van der Waals surface area contributed by atoms with E-state index in [4.69, 9.17) is 0 Å². The van der Waals surface area contributed by atoms with Crippen LogP contribution in [-0.2, 0) is 0 Å². The van der Waals surface area contributed by atoms with Crippen LogP contribution in [0.1, 0.15) is 0 Å². The molecule has 0 saturated carbocycles. The van der Waals surface area contributed by atoms with E-state index < -0.39 is 0 Å². The van der Waals surface area contributed by atoms with Gasteiger partial charge in [-0.2, -0.15) is 0 Å². The van der Waals surface area contributed by atoms with E-state index in [-0.39, 0.29) is 6.03 Å². The van der Waals surface area contributed by atoms with Gasteiger partial charge in [0.25, 0.3) is 0 Å². The Balaban J connectivity index is 2.83. The van der Waals surface area contributed by atoms with Crippen molar-refractivity contribution in [3.8, 4) is 0 Å². The fourth-order valence-electron chi connectivity index (χ4n) is 1.29. The van der Waals surface area contributed by atoms with Crippen molar-refractivity contribution in [2.75, 3.05) is 46.2 Å². The Morgan fingerprint density at radius 2 is 1.94 bits per heavy atom. The molecule has 94 valence electrons. The van der Waals surface area contributed by atoms with Gasteiger partial charge in [-0.05, 0) is 20.2 Å². The number of amides is 2. The van der Waals surface area contributed by atoms with E-state index in [1.807, 2.05) is 19.0 Å². The molecule has 1 heterocycles. The second-order valence-electron chi connectivity index (χ2n) is 4.20. The van der Waals surface area contributed by atoms with Crippen LogP contribution in [0.25, 0.3) is 0 Å². The van der Waals surface area contributed by atoms with Crippen LogP contribution in [0.4, 0.5) is 10.6 Å². The normalized spacial score (nSPS) is 10.4. The van der Waals surface area contributed by atoms with Crippen molar-refractivity contribution >= 4 is 11.8 Å². The highest BCUT2D eigenvalue weighted by Crippen LogP contribution is 2.10. The number of likely N-dealkylation sites (N-methyl/N-ethyl adjacent to an activating group) is 1. The van der Waals surface area contributed by atoms with Crippen LogP contribution in [0.15, 0.2) is 18.6 Å². The lowest BCUT2D eigenvalue weighted by atomic mass is 10.4. The molecular formula is C11H19N5O. The third-order valence-corrected chi connectivity index (χ3v) is 2.23. The minimum Gasteiger partial charge on any atom is -0.330 e. The van der Waals surface area contributed by atoms with E-state index in [2.05, 4.69) is 9.97 Å².